The van der Waals surface area contributed by atoms with Crippen LogP contribution >= 0.6 is 11.8 Å². The number of nitrogens with one attached hydrogen (secondary N) is 1. The number of ether oxygens (including phenoxy) is 1. The molecule has 0 saturated heterocycles. The standard InChI is InChI=1S/C18H26FNO2S/c1-12-5-4-6-16(13(12)2)20-18(21)11-23-10-14-7-8-17(22-3)15(19)9-14/h7-9,12-13,16H,4-6,10-11H2,1-3H3,(H,20,21)/t12-,13-,16+/m1/s1. The number of carbonyl (C=O) groups is 1. The van der Waals surface area contributed by atoms with Crippen molar-refractivity contribution in [2.45, 2.75) is 44.9 Å². The summed E-state index contributed by atoms with van der Waals surface area (Å²) in [4.78, 5) is 12.1. The SMILES string of the molecule is COc1ccc(CSCC(=O)N[C@H]2CCC[C@@H](C)[C@H]2C)cc1F. The molecule has 3 atom stereocenters. The number of methoxy groups -OCH3 is 1. The Balaban J connectivity index is 1.75. The van der Waals surface area contributed by atoms with Gasteiger partial charge in [-0.3, -0.25) is 4.79 Å². The predicted molar refractivity (Wildman–Crippen MR) is 93.2 cm³/mol. The fourth-order valence-corrected chi connectivity index (χ4v) is 3.88. The number of amides is 1. The molecule has 0 unspecified atom stereocenters. The molecule has 1 fully saturated rings. The highest BCUT2D eigenvalue weighted by atomic mass is 32.2. The van der Waals surface area contributed by atoms with Crippen LogP contribution < -0.4 is 10.1 Å². The van der Waals surface area contributed by atoms with Gasteiger partial charge in [0.2, 0.25) is 5.91 Å². The summed E-state index contributed by atoms with van der Waals surface area (Å²) in [6, 6.07) is 5.22. The van der Waals surface area contributed by atoms with Gasteiger partial charge in [0, 0.05) is 11.8 Å². The largest absolute Gasteiger partial charge is 0.494 e. The van der Waals surface area contributed by atoms with E-state index >= 15 is 0 Å². The van der Waals surface area contributed by atoms with Crippen molar-refractivity contribution in [2.75, 3.05) is 12.9 Å². The molecular weight excluding hydrogens is 313 g/mol. The molecular formula is C18H26FNO2S. The first-order chi connectivity index (χ1) is 11.0. The van der Waals surface area contributed by atoms with Crippen LogP contribution in [0.4, 0.5) is 4.39 Å². The molecule has 1 aromatic rings. The van der Waals surface area contributed by atoms with Gasteiger partial charge < -0.3 is 10.1 Å². The number of thioether (sulfide) groups is 1. The number of hydrogen-bond donors (Lipinski definition) is 1. The van der Waals surface area contributed by atoms with Gasteiger partial charge in [-0.05, 0) is 36.0 Å². The molecule has 1 aliphatic carbocycles. The summed E-state index contributed by atoms with van der Waals surface area (Å²) < 4.78 is 18.5. The molecule has 1 N–H and O–H groups in total. The van der Waals surface area contributed by atoms with Gasteiger partial charge in [-0.2, -0.15) is 0 Å². The summed E-state index contributed by atoms with van der Waals surface area (Å²) in [5.41, 5.74) is 0.862. The van der Waals surface area contributed by atoms with Crippen LogP contribution in [0.2, 0.25) is 0 Å². The van der Waals surface area contributed by atoms with Crippen LogP contribution in [0.3, 0.4) is 0 Å². The highest BCUT2D eigenvalue weighted by Gasteiger charge is 2.27. The third-order valence-electron chi connectivity index (χ3n) is 4.77. The fourth-order valence-electron chi connectivity index (χ4n) is 3.10. The molecule has 0 bridgehead atoms. The Morgan fingerprint density at radius 3 is 2.87 bits per heavy atom. The Kier molecular flexibility index (Phi) is 6.75. The van der Waals surface area contributed by atoms with Crippen LogP contribution in [-0.2, 0) is 10.5 Å². The third-order valence-corrected chi connectivity index (χ3v) is 5.78. The van der Waals surface area contributed by atoms with Crippen LogP contribution in [0.15, 0.2) is 18.2 Å². The Hall–Kier alpha value is -1.23. The van der Waals surface area contributed by atoms with Gasteiger partial charge in [0.05, 0.1) is 12.9 Å². The smallest absolute Gasteiger partial charge is 0.230 e. The Bertz CT molecular complexity index is 538. The monoisotopic (exact) mass is 339 g/mol. The zero-order valence-corrected chi connectivity index (χ0v) is 14.9. The summed E-state index contributed by atoms with van der Waals surface area (Å²) in [7, 11) is 1.45. The molecule has 128 valence electrons. The summed E-state index contributed by atoms with van der Waals surface area (Å²) in [6.07, 6.45) is 3.52. The highest BCUT2D eigenvalue weighted by molar-refractivity contribution is 7.99. The van der Waals surface area contributed by atoms with Crippen molar-refractivity contribution in [3.63, 3.8) is 0 Å². The fraction of sp³-hybridized carbons (Fsp3) is 0.611. The maximum atomic E-state index is 13.6. The molecule has 0 spiro atoms. The van der Waals surface area contributed by atoms with Crippen LogP contribution in [0.5, 0.6) is 5.75 Å². The molecule has 3 nitrogen and oxygen atoms in total. The van der Waals surface area contributed by atoms with E-state index in [1.807, 2.05) is 6.07 Å². The topological polar surface area (TPSA) is 38.3 Å². The molecule has 0 radical (unpaired) electrons. The van der Waals surface area contributed by atoms with Crippen LogP contribution in [-0.4, -0.2) is 24.8 Å². The minimum absolute atomic E-state index is 0.0786. The number of halogens is 1. The van der Waals surface area contributed by atoms with E-state index in [4.69, 9.17) is 4.74 Å². The van der Waals surface area contributed by atoms with E-state index in [2.05, 4.69) is 19.2 Å². The second kappa shape index (κ2) is 8.57. The van der Waals surface area contributed by atoms with Gasteiger partial charge >= 0.3 is 0 Å². The van der Waals surface area contributed by atoms with Crippen molar-refractivity contribution in [3.05, 3.63) is 29.6 Å². The Morgan fingerprint density at radius 2 is 2.17 bits per heavy atom. The van der Waals surface area contributed by atoms with Crippen molar-refractivity contribution in [1.29, 1.82) is 0 Å². The molecule has 1 saturated carbocycles. The van der Waals surface area contributed by atoms with E-state index in [9.17, 15) is 9.18 Å². The van der Waals surface area contributed by atoms with Crippen molar-refractivity contribution in [2.24, 2.45) is 11.8 Å². The molecule has 0 aliphatic heterocycles. The lowest BCUT2D eigenvalue weighted by Crippen LogP contribution is -2.44. The molecule has 1 aliphatic rings. The first-order valence-electron chi connectivity index (χ1n) is 8.20. The van der Waals surface area contributed by atoms with E-state index in [1.165, 1.54) is 37.8 Å². The number of hydrogen-bond acceptors (Lipinski definition) is 3. The van der Waals surface area contributed by atoms with E-state index < -0.39 is 0 Å². The number of benzene rings is 1. The predicted octanol–water partition coefficient (Wildman–Crippen LogP) is 4.01. The van der Waals surface area contributed by atoms with Crippen LogP contribution in [0.1, 0.15) is 38.7 Å². The summed E-state index contributed by atoms with van der Waals surface area (Å²) in [5, 5.41) is 3.16. The Labute approximate surface area is 142 Å². The molecule has 1 amide bonds. The first kappa shape index (κ1) is 18.1. The second-order valence-electron chi connectivity index (χ2n) is 6.40. The van der Waals surface area contributed by atoms with E-state index in [0.29, 0.717) is 29.4 Å². The van der Waals surface area contributed by atoms with E-state index in [1.54, 1.807) is 6.07 Å². The number of carbonyl (C=O) groups excluding carboxylic acids is 1. The average Bonchev–Trinajstić information content (AvgIpc) is 2.52. The van der Waals surface area contributed by atoms with Gasteiger partial charge in [-0.1, -0.05) is 32.8 Å². The maximum Gasteiger partial charge on any atom is 0.230 e. The number of rotatable bonds is 6. The normalized spacial score (nSPS) is 24.3. The van der Waals surface area contributed by atoms with E-state index in [-0.39, 0.29) is 17.5 Å². The molecule has 5 heteroatoms. The molecule has 1 aromatic carbocycles. The van der Waals surface area contributed by atoms with E-state index in [0.717, 1.165) is 12.0 Å². The van der Waals surface area contributed by atoms with Gasteiger partial charge in [0.15, 0.2) is 11.6 Å². The van der Waals surface area contributed by atoms with Crippen molar-refractivity contribution < 1.29 is 13.9 Å². The molecule has 0 aromatic heterocycles. The van der Waals surface area contributed by atoms with Gasteiger partial charge in [-0.15, -0.1) is 11.8 Å². The van der Waals surface area contributed by atoms with Gasteiger partial charge in [-0.25, -0.2) is 4.39 Å². The van der Waals surface area contributed by atoms with Gasteiger partial charge in [0.25, 0.3) is 0 Å². The lowest BCUT2D eigenvalue weighted by atomic mass is 9.78. The first-order valence-corrected chi connectivity index (χ1v) is 9.36. The van der Waals surface area contributed by atoms with Crippen molar-refractivity contribution in [3.8, 4) is 5.75 Å². The maximum absolute atomic E-state index is 13.6. The lowest BCUT2D eigenvalue weighted by molar-refractivity contribution is -0.119. The molecule has 2 rings (SSSR count). The zero-order valence-electron chi connectivity index (χ0n) is 14.1. The average molecular weight is 339 g/mol. The minimum atomic E-state index is -0.361. The van der Waals surface area contributed by atoms with Crippen molar-refractivity contribution in [1.82, 2.24) is 5.32 Å². The second-order valence-corrected chi connectivity index (χ2v) is 7.39. The minimum Gasteiger partial charge on any atom is -0.494 e. The quantitative estimate of drug-likeness (QED) is 0.851. The molecule has 23 heavy (non-hydrogen) atoms. The lowest BCUT2D eigenvalue weighted by Gasteiger charge is -2.34. The van der Waals surface area contributed by atoms with Crippen molar-refractivity contribution >= 4 is 17.7 Å². The third kappa shape index (κ3) is 5.13. The van der Waals surface area contributed by atoms with Gasteiger partial charge in [0.1, 0.15) is 0 Å². The van der Waals surface area contributed by atoms with Crippen LogP contribution in [0, 0.1) is 17.7 Å². The highest BCUT2D eigenvalue weighted by Crippen LogP contribution is 2.29. The summed E-state index contributed by atoms with van der Waals surface area (Å²) in [6.45, 7) is 4.48. The van der Waals surface area contributed by atoms with Crippen LogP contribution in [0.25, 0.3) is 0 Å². The summed E-state index contributed by atoms with van der Waals surface area (Å²) in [5.74, 6) is 2.19. The summed E-state index contributed by atoms with van der Waals surface area (Å²) >= 11 is 1.51. The Morgan fingerprint density at radius 1 is 1.39 bits per heavy atom. The molecule has 0 heterocycles. The zero-order chi connectivity index (χ0) is 16.8.